The van der Waals surface area contributed by atoms with Gasteiger partial charge in [-0.15, -0.1) is 0 Å². The van der Waals surface area contributed by atoms with E-state index in [2.05, 4.69) is 5.32 Å². The molecule has 2 aromatic rings. The van der Waals surface area contributed by atoms with Crippen LogP contribution in [0.2, 0.25) is 5.02 Å². The van der Waals surface area contributed by atoms with E-state index in [-0.39, 0.29) is 6.54 Å². The van der Waals surface area contributed by atoms with Crippen LogP contribution >= 0.6 is 11.6 Å². The molecule has 6 nitrogen and oxygen atoms in total. The number of hydrogen-bond acceptors (Lipinski definition) is 4. The molecule has 0 bridgehead atoms. The Morgan fingerprint density at radius 3 is 2.37 bits per heavy atom. The van der Waals surface area contributed by atoms with Gasteiger partial charge in [-0.1, -0.05) is 29.8 Å². The van der Waals surface area contributed by atoms with Crippen molar-refractivity contribution < 1.29 is 17.9 Å². The molecule has 0 spiro atoms. The highest BCUT2D eigenvalue weighted by molar-refractivity contribution is 7.92. The van der Waals surface area contributed by atoms with Gasteiger partial charge in [0.1, 0.15) is 11.8 Å². The topological polar surface area (TPSA) is 75.7 Å². The lowest BCUT2D eigenvalue weighted by Crippen LogP contribution is -2.47. The third-order valence-electron chi connectivity index (χ3n) is 3.90. The van der Waals surface area contributed by atoms with Crippen molar-refractivity contribution in [3.8, 4) is 5.75 Å². The number of carbonyl (C=O) groups excluding carboxylic acids is 1. The highest BCUT2D eigenvalue weighted by Crippen LogP contribution is 2.24. The summed E-state index contributed by atoms with van der Waals surface area (Å²) in [5.74, 6) is 0.208. The molecule has 27 heavy (non-hydrogen) atoms. The monoisotopic (exact) mass is 410 g/mol. The molecule has 0 saturated heterocycles. The molecule has 0 aliphatic rings. The second kappa shape index (κ2) is 9.10. The predicted octanol–water partition coefficient (Wildman–Crippen LogP) is 3.21. The van der Waals surface area contributed by atoms with Gasteiger partial charge in [0.05, 0.1) is 18.6 Å². The van der Waals surface area contributed by atoms with Crippen molar-refractivity contribution in [1.29, 1.82) is 0 Å². The Balaban J connectivity index is 2.18. The normalized spacial score (nSPS) is 12.3. The molecule has 0 unspecified atom stereocenters. The molecule has 2 aromatic carbocycles. The van der Waals surface area contributed by atoms with Gasteiger partial charge in [0.25, 0.3) is 0 Å². The minimum atomic E-state index is -3.67. The summed E-state index contributed by atoms with van der Waals surface area (Å²) in [4.78, 5) is 12.6. The smallest absolute Gasteiger partial charge is 0.243 e. The zero-order valence-corrected chi connectivity index (χ0v) is 17.0. The van der Waals surface area contributed by atoms with Gasteiger partial charge in [0.2, 0.25) is 15.9 Å². The van der Waals surface area contributed by atoms with Gasteiger partial charge in [-0.2, -0.15) is 0 Å². The van der Waals surface area contributed by atoms with Crippen LogP contribution in [0.5, 0.6) is 5.75 Å². The fraction of sp³-hybridized carbons (Fsp3) is 0.316. The minimum absolute atomic E-state index is 0.212. The summed E-state index contributed by atoms with van der Waals surface area (Å²) in [5, 5.41) is 3.28. The van der Waals surface area contributed by atoms with Crippen LogP contribution in [0.25, 0.3) is 0 Å². The van der Waals surface area contributed by atoms with Crippen molar-refractivity contribution in [3.63, 3.8) is 0 Å². The third-order valence-corrected chi connectivity index (χ3v) is 5.51. The first kappa shape index (κ1) is 21.1. The van der Waals surface area contributed by atoms with E-state index in [9.17, 15) is 13.2 Å². The third kappa shape index (κ3) is 5.61. The molecule has 0 radical (unpaired) electrons. The summed E-state index contributed by atoms with van der Waals surface area (Å²) in [5.41, 5.74) is 1.15. The first-order valence-corrected chi connectivity index (χ1v) is 10.7. The van der Waals surface area contributed by atoms with Gasteiger partial charge in [-0.25, -0.2) is 8.42 Å². The van der Waals surface area contributed by atoms with Crippen LogP contribution in [-0.4, -0.2) is 33.2 Å². The van der Waals surface area contributed by atoms with Crippen molar-refractivity contribution in [2.24, 2.45) is 0 Å². The molecule has 1 amide bonds. The Hall–Kier alpha value is -2.25. The molecule has 8 heteroatoms. The molecule has 0 heterocycles. The number of nitrogens with zero attached hydrogens (tertiary/aromatic N) is 1. The van der Waals surface area contributed by atoms with E-state index in [1.165, 1.54) is 0 Å². The maximum absolute atomic E-state index is 12.6. The van der Waals surface area contributed by atoms with Gasteiger partial charge in [-0.05, 0) is 49.7 Å². The zero-order chi connectivity index (χ0) is 20.0. The summed E-state index contributed by atoms with van der Waals surface area (Å²) >= 11 is 6.09. The second-order valence-corrected chi connectivity index (χ2v) is 8.24. The highest BCUT2D eigenvalue weighted by atomic mass is 35.5. The average Bonchev–Trinajstić information content (AvgIpc) is 2.61. The van der Waals surface area contributed by atoms with E-state index >= 15 is 0 Å². The second-order valence-electron chi connectivity index (χ2n) is 5.97. The lowest BCUT2D eigenvalue weighted by atomic mass is 10.2. The minimum Gasteiger partial charge on any atom is -0.494 e. The van der Waals surface area contributed by atoms with E-state index in [0.717, 1.165) is 16.1 Å². The van der Waals surface area contributed by atoms with Crippen molar-refractivity contribution in [3.05, 3.63) is 59.1 Å². The van der Waals surface area contributed by atoms with Gasteiger partial charge in [-0.3, -0.25) is 9.10 Å². The summed E-state index contributed by atoms with van der Waals surface area (Å²) in [6.07, 6.45) is 1.07. The van der Waals surface area contributed by atoms with Crippen LogP contribution in [0.4, 0.5) is 5.69 Å². The van der Waals surface area contributed by atoms with Crippen LogP contribution < -0.4 is 14.4 Å². The van der Waals surface area contributed by atoms with Crippen molar-refractivity contribution in [1.82, 2.24) is 5.32 Å². The maximum atomic E-state index is 12.6. The van der Waals surface area contributed by atoms with Crippen molar-refractivity contribution in [2.45, 2.75) is 26.4 Å². The number of rotatable bonds is 8. The van der Waals surface area contributed by atoms with E-state index in [1.54, 1.807) is 49.4 Å². The molecule has 0 saturated carbocycles. The van der Waals surface area contributed by atoms with Crippen LogP contribution in [-0.2, 0) is 21.4 Å². The number of amides is 1. The van der Waals surface area contributed by atoms with Gasteiger partial charge < -0.3 is 10.1 Å². The number of halogens is 1. The van der Waals surface area contributed by atoms with Gasteiger partial charge in [0, 0.05) is 11.6 Å². The summed E-state index contributed by atoms with van der Waals surface area (Å²) < 4.78 is 31.1. The number of sulfonamides is 1. The lowest BCUT2D eigenvalue weighted by molar-refractivity contribution is -0.122. The number of hydrogen-bond donors (Lipinski definition) is 1. The molecule has 1 atom stereocenters. The molecular weight excluding hydrogens is 388 g/mol. The number of anilines is 1. The first-order valence-electron chi connectivity index (χ1n) is 8.47. The summed E-state index contributed by atoms with van der Waals surface area (Å²) in [6.45, 7) is 4.13. The molecule has 2 rings (SSSR count). The number of ether oxygens (including phenoxy) is 1. The lowest BCUT2D eigenvalue weighted by Gasteiger charge is -2.28. The van der Waals surface area contributed by atoms with E-state index in [0.29, 0.717) is 23.1 Å². The number of benzene rings is 2. The molecule has 1 N–H and O–H groups in total. The average molecular weight is 411 g/mol. The zero-order valence-electron chi connectivity index (χ0n) is 15.5. The number of nitrogens with one attached hydrogen (secondary N) is 1. The van der Waals surface area contributed by atoms with Crippen LogP contribution in [0, 0.1) is 0 Å². The van der Waals surface area contributed by atoms with E-state index < -0.39 is 22.0 Å². The van der Waals surface area contributed by atoms with Crippen LogP contribution in [0.3, 0.4) is 0 Å². The summed E-state index contributed by atoms with van der Waals surface area (Å²) in [6, 6.07) is 12.8. The molecule has 0 aliphatic heterocycles. The Labute approximate surface area is 165 Å². The molecule has 0 fully saturated rings. The Morgan fingerprint density at radius 1 is 1.19 bits per heavy atom. The number of carbonyl (C=O) groups is 1. The summed E-state index contributed by atoms with van der Waals surface area (Å²) in [7, 11) is -3.67. The van der Waals surface area contributed by atoms with Gasteiger partial charge in [0.15, 0.2) is 0 Å². The molecule has 0 aliphatic carbocycles. The van der Waals surface area contributed by atoms with Crippen molar-refractivity contribution in [2.75, 3.05) is 17.2 Å². The van der Waals surface area contributed by atoms with E-state index in [1.807, 2.05) is 13.0 Å². The van der Waals surface area contributed by atoms with E-state index in [4.69, 9.17) is 16.3 Å². The fourth-order valence-electron chi connectivity index (χ4n) is 2.64. The first-order chi connectivity index (χ1) is 12.7. The molecular formula is C19H23ClN2O4S. The van der Waals surface area contributed by atoms with Crippen LogP contribution in [0.1, 0.15) is 19.4 Å². The Morgan fingerprint density at radius 2 is 1.81 bits per heavy atom. The molecule has 146 valence electrons. The fourth-order valence-corrected chi connectivity index (χ4v) is 4.01. The maximum Gasteiger partial charge on any atom is 0.243 e. The Kier molecular flexibility index (Phi) is 7.10. The van der Waals surface area contributed by atoms with Gasteiger partial charge >= 0.3 is 0 Å². The van der Waals surface area contributed by atoms with Crippen LogP contribution in [0.15, 0.2) is 48.5 Å². The molecule has 0 aromatic heterocycles. The quantitative estimate of drug-likeness (QED) is 0.725. The Bertz CT molecular complexity index is 885. The predicted molar refractivity (Wildman–Crippen MR) is 108 cm³/mol. The largest absolute Gasteiger partial charge is 0.494 e. The SMILES string of the molecule is CCOc1ccc(N([C@@H](C)C(=O)NCc2ccccc2Cl)S(C)(=O)=O)cc1. The highest BCUT2D eigenvalue weighted by Gasteiger charge is 2.29. The van der Waals surface area contributed by atoms with Crippen molar-refractivity contribution >= 4 is 33.2 Å². The standard InChI is InChI=1S/C19H23ClN2O4S/c1-4-26-17-11-9-16(10-12-17)22(27(3,24)25)14(2)19(23)21-13-15-7-5-6-8-18(15)20/h5-12,14H,4,13H2,1-3H3,(H,21,23)/t14-/m0/s1.